The first kappa shape index (κ1) is 15.4. The van der Waals surface area contributed by atoms with Gasteiger partial charge in [0.05, 0.1) is 5.75 Å². The Labute approximate surface area is 113 Å². The van der Waals surface area contributed by atoms with Crippen LogP contribution in [0.1, 0.15) is 10.5 Å². The minimum Gasteiger partial charge on any atom is -0.373 e. The zero-order valence-electron chi connectivity index (χ0n) is 11.2. The van der Waals surface area contributed by atoms with Crippen LogP contribution in [-0.2, 0) is 10.0 Å². The van der Waals surface area contributed by atoms with Crippen LogP contribution in [-0.4, -0.2) is 57.1 Å². The smallest absolute Gasteiger partial charge is 0.269 e. The number of nitrogens with zero attached hydrogens (tertiary/aromatic N) is 2. The van der Waals surface area contributed by atoms with Gasteiger partial charge in [-0.25, -0.2) is 17.7 Å². The van der Waals surface area contributed by atoms with Gasteiger partial charge in [-0.15, -0.1) is 0 Å². The fraction of sp³-hybridized carbons (Fsp3) is 0.455. The highest BCUT2D eigenvalue weighted by atomic mass is 32.2. The highest BCUT2D eigenvalue weighted by Crippen LogP contribution is 2.03. The lowest BCUT2D eigenvalue weighted by Crippen LogP contribution is -2.34. The van der Waals surface area contributed by atoms with Gasteiger partial charge in [0, 0.05) is 27.7 Å². The Balaban J connectivity index is 2.56. The van der Waals surface area contributed by atoms with Gasteiger partial charge in [0.25, 0.3) is 5.91 Å². The second kappa shape index (κ2) is 6.48. The van der Waals surface area contributed by atoms with Crippen LogP contribution >= 0.6 is 0 Å². The fourth-order valence-corrected chi connectivity index (χ4v) is 1.99. The molecule has 0 aromatic carbocycles. The molecule has 2 N–H and O–H groups in total. The van der Waals surface area contributed by atoms with Crippen LogP contribution < -0.4 is 10.6 Å². The van der Waals surface area contributed by atoms with Gasteiger partial charge < -0.3 is 10.6 Å². The lowest BCUT2D eigenvalue weighted by molar-refractivity contribution is 0.0951. The van der Waals surface area contributed by atoms with E-state index in [9.17, 15) is 13.2 Å². The van der Waals surface area contributed by atoms with Gasteiger partial charge in [-0.3, -0.25) is 4.79 Å². The topological polar surface area (TPSA) is 91.4 Å². The normalized spacial score (nSPS) is 11.4. The Bertz CT molecular complexity index is 543. The lowest BCUT2D eigenvalue weighted by Gasteiger charge is -2.11. The second-order valence-electron chi connectivity index (χ2n) is 4.01. The number of hydrogen-bond donors (Lipinski definition) is 2. The molecule has 0 bridgehead atoms. The first-order valence-corrected chi connectivity index (χ1v) is 7.31. The molecular formula is C11H18N4O3S. The molecular weight excluding hydrogens is 268 g/mol. The number of rotatable bonds is 6. The largest absolute Gasteiger partial charge is 0.373 e. The summed E-state index contributed by atoms with van der Waals surface area (Å²) in [5.74, 6) is 0.0388. The molecule has 0 radical (unpaired) electrons. The molecule has 0 fully saturated rings. The van der Waals surface area contributed by atoms with Crippen LogP contribution in [0.2, 0.25) is 0 Å². The van der Waals surface area contributed by atoms with Gasteiger partial charge >= 0.3 is 0 Å². The van der Waals surface area contributed by atoms with E-state index in [-0.39, 0.29) is 18.0 Å². The maximum absolute atomic E-state index is 11.8. The number of nitrogens with one attached hydrogen (secondary N) is 2. The SMILES string of the molecule is CNc1cccc(C(=O)NCCS(=O)(=O)N(C)C)n1. The fourth-order valence-electron chi connectivity index (χ4n) is 1.27. The third-order valence-electron chi connectivity index (χ3n) is 2.44. The number of hydrogen-bond acceptors (Lipinski definition) is 5. The minimum absolute atomic E-state index is 0.0464. The van der Waals surface area contributed by atoms with Crippen molar-refractivity contribution in [2.75, 3.05) is 38.8 Å². The van der Waals surface area contributed by atoms with Crippen molar-refractivity contribution in [2.45, 2.75) is 0 Å². The van der Waals surface area contributed by atoms with Gasteiger partial charge in [-0.2, -0.15) is 0 Å². The van der Waals surface area contributed by atoms with E-state index in [1.807, 2.05) is 0 Å². The van der Waals surface area contributed by atoms with E-state index in [1.54, 1.807) is 25.2 Å². The van der Waals surface area contributed by atoms with Crippen molar-refractivity contribution in [2.24, 2.45) is 0 Å². The van der Waals surface area contributed by atoms with Crippen molar-refractivity contribution in [3.8, 4) is 0 Å². The molecule has 1 rings (SSSR count). The first-order valence-electron chi connectivity index (χ1n) is 5.70. The number of sulfonamides is 1. The molecule has 0 saturated heterocycles. The molecule has 8 heteroatoms. The van der Waals surface area contributed by atoms with Crippen LogP contribution in [0.25, 0.3) is 0 Å². The number of carbonyl (C=O) groups is 1. The van der Waals surface area contributed by atoms with E-state index < -0.39 is 15.9 Å². The van der Waals surface area contributed by atoms with Crippen LogP contribution in [0, 0.1) is 0 Å². The summed E-state index contributed by atoms with van der Waals surface area (Å²) in [6.45, 7) is 0.0464. The predicted molar refractivity (Wildman–Crippen MR) is 73.6 cm³/mol. The zero-order valence-corrected chi connectivity index (χ0v) is 12.0. The van der Waals surface area contributed by atoms with E-state index in [4.69, 9.17) is 0 Å². The quantitative estimate of drug-likeness (QED) is 0.752. The van der Waals surface area contributed by atoms with Crippen molar-refractivity contribution in [1.82, 2.24) is 14.6 Å². The summed E-state index contributed by atoms with van der Waals surface area (Å²) in [5.41, 5.74) is 0.245. The summed E-state index contributed by atoms with van der Waals surface area (Å²) in [6.07, 6.45) is 0. The molecule has 0 aliphatic rings. The maximum Gasteiger partial charge on any atom is 0.269 e. The highest BCUT2D eigenvalue weighted by Gasteiger charge is 2.14. The second-order valence-corrected chi connectivity index (χ2v) is 6.31. The Morgan fingerprint density at radius 3 is 2.63 bits per heavy atom. The third-order valence-corrected chi connectivity index (χ3v) is 4.27. The molecule has 1 heterocycles. The molecule has 0 aliphatic heterocycles. The molecule has 0 aliphatic carbocycles. The monoisotopic (exact) mass is 286 g/mol. The van der Waals surface area contributed by atoms with E-state index in [0.29, 0.717) is 5.82 Å². The van der Waals surface area contributed by atoms with Gasteiger partial charge in [-0.05, 0) is 12.1 Å². The molecule has 7 nitrogen and oxygen atoms in total. The summed E-state index contributed by atoms with van der Waals surface area (Å²) in [4.78, 5) is 15.8. The molecule has 0 atom stereocenters. The summed E-state index contributed by atoms with van der Waals surface area (Å²) in [7, 11) is 1.31. The van der Waals surface area contributed by atoms with Crippen molar-refractivity contribution < 1.29 is 13.2 Å². The summed E-state index contributed by atoms with van der Waals surface area (Å²) in [5, 5.41) is 5.35. The van der Waals surface area contributed by atoms with E-state index in [0.717, 1.165) is 4.31 Å². The Kier molecular flexibility index (Phi) is 5.25. The van der Waals surface area contributed by atoms with E-state index >= 15 is 0 Å². The van der Waals surface area contributed by atoms with Crippen molar-refractivity contribution >= 4 is 21.7 Å². The van der Waals surface area contributed by atoms with Crippen molar-refractivity contribution in [1.29, 1.82) is 0 Å². The van der Waals surface area contributed by atoms with E-state index in [1.165, 1.54) is 14.1 Å². The van der Waals surface area contributed by atoms with Crippen LogP contribution in [0.5, 0.6) is 0 Å². The molecule has 1 aromatic rings. The number of anilines is 1. The molecule has 1 amide bonds. The Hall–Kier alpha value is -1.67. The van der Waals surface area contributed by atoms with Crippen molar-refractivity contribution in [3.63, 3.8) is 0 Å². The van der Waals surface area contributed by atoms with Gasteiger partial charge in [0.1, 0.15) is 11.5 Å². The average Bonchev–Trinajstić information content (AvgIpc) is 2.38. The molecule has 0 saturated carbocycles. The standard InChI is InChI=1S/C11H18N4O3S/c1-12-10-6-4-5-9(14-10)11(16)13-7-8-19(17,18)15(2)3/h4-6H,7-8H2,1-3H3,(H,12,14)(H,13,16). The Morgan fingerprint density at radius 1 is 1.37 bits per heavy atom. The molecule has 106 valence electrons. The molecule has 1 aromatic heterocycles. The average molecular weight is 286 g/mol. The summed E-state index contributed by atoms with van der Waals surface area (Å²) >= 11 is 0. The minimum atomic E-state index is -3.30. The van der Waals surface area contributed by atoms with Crippen LogP contribution in [0.15, 0.2) is 18.2 Å². The van der Waals surface area contributed by atoms with E-state index in [2.05, 4.69) is 15.6 Å². The van der Waals surface area contributed by atoms with Crippen LogP contribution in [0.4, 0.5) is 5.82 Å². The van der Waals surface area contributed by atoms with Crippen LogP contribution in [0.3, 0.4) is 0 Å². The van der Waals surface area contributed by atoms with Gasteiger partial charge in [-0.1, -0.05) is 6.07 Å². The zero-order chi connectivity index (χ0) is 14.5. The molecule has 0 unspecified atom stereocenters. The maximum atomic E-state index is 11.8. The lowest BCUT2D eigenvalue weighted by atomic mass is 10.3. The van der Waals surface area contributed by atoms with Gasteiger partial charge in [0.2, 0.25) is 10.0 Å². The molecule has 19 heavy (non-hydrogen) atoms. The number of amides is 1. The third kappa shape index (κ3) is 4.49. The first-order chi connectivity index (χ1) is 8.86. The highest BCUT2D eigenvalue weighted by molar-refractivity contribution is 7.89. The molecule has 0 spiro atoms. The van der Waals surface area contributed by atoms with Gasteiger partial charge in [0.15, 0.2) is 0 Å². The number of pyridine rings is 1. The summed E-state index contributed by atoms with van der Waals surface area (Å²) in [6, 6.07) is 4.99. The number of carbonyl (C=O) groups excluding carboxylic acids is 1. The Morgan fingerprint density at radius 2 is 2.05 bits per heavy atom. The van der Waals surface area contributed by atoms with Crippen molar-refractivity contribution in [3.05, 3.63) is 23.9 Å². The predicted octanol–water partition coefficient (Wildman–Crippen LogP) is -0.255. The number of aromatic nitrogens is 1. The summed E-state index contributed by atoms with van der Waals surface area (Å²) < 4.78 is 24.1.